The van der Waals surface area contributed by atoms with E-state index in [1.807, 2.05) is 69.4 Å². The summed E-state index contributed by atoms with van der Waals surface area (Å²) >= 11 is 0. The van der Waals surface area contributed by atoms with Crippen LogP contribution in [0.25, 0.3) is 10.9 Å². The first kappa shape index (κ1) is 18.8. The molecule has 3 aromatic rings. The van der Waals surface area contributed by atoms with Gasteiger partial charge in [0.15, 0.2) is 0 Å². The monoisotopic (exact) mass is 365 g/mol. The Bertz CT molecular complexity index is 895. The molecule has 0 spiro atoms. The second kappa shape index (κ2) is 8.16. The van der Waals surface area contributed by atoms with E-state index in [2.05, 4.69) is 21.7 Å². The quantitative estimate of drug-likeness (QED) is 0.607. The molecule has 0 aliphatic rings. The van der Waals surface area contributed by atoms with E-state index in [9.17, 15) is 4.79 Å². The first-order valence-electron chi connectivity index (χ1n) is 9.23. The van der Waals surface area contributed by atoms with Crippen molar-refractivity contribution in [2.75, 3.05) is 6.54 Å². The molecule has 0 saturated carbocycles. The van der Waals surface area contributed by atoms with Crippen molar-refractivity contribution < 1.29 is 9.53 Å². The van der Waals surface area contributed by atoms with Crippen LogP contribution < -0.4 is 15.4 Å². The van der Waals surface area contributed by atoms with Crippen molar-refractivity contribution in [3.8, 4) is 5.75 Å². The van der Waals surface area contributed by atoms with E-state index in [1.54, 1.807) is 0 Å². The van der Waals surface area contributed by atoms with Crippen LogP contribution >= 0.6 is 0 Å². The largest absolute Gasteiger partial charge is 0.489 e. The zero-order valence-electron chi connectivity index (χ0n) is 16.1. The van der Waals surface area contributed by atoms with Gasteiger partial charge in [-0.25, -0.2) is 4.79 Å². The van der Waals surface area contributed by atoms with Crippen LogP contribution in [0, 0.1) is 0 Å². The van der Waals surface area contributed by atoms with Gasteiger partial charge in [0.25, 0.3) is 0 Å². The summed E-state index contributed by atoms with van der Waals surface area (Å²) in [6.07, 6.45) is 2.76. The Hall–Kier alpha value is -2.95. The van der Waals surface area contributed by atoms with E-state index >= 15 is 0 Å². The average molecular weight is 365 g/mol. The van der Waals surface area contributed by atoms with Crippen LogP contribution in [0.3, 0.4) is 0 Å². The molecule has 0 unspecified atom stereocenters. The average Bonchev–Trinajstić information content (AvgIpc) is 3.02. The first-order chi connectivity index (χ1) is 12.9. The maximum Gasteiger partial charge on any atom is 0.315 e. The lowest BCUT2D eigenvalue weighted by atomic mass is 10.1. The number of rotatable bonds is 6. The van der Waals surface area contributed by atoms with Crippen molar-refractivity contribution in [2.45, 2.75) is 39.3 Å². The van der Waals surface area contributed by atoms with Crippen LogP contribution in [0.5, 0.6) is 5.75 Å². The van der Waals surface area contributed by atoms with E-state index in [0.717, 1.165) is 28.6 Å². The van der Waals surface area contributed by atoms with Gasteiger partial charge in [0.1, 0.15) is 12.4 Å². The molecule has 0 aliphatic carbocycles. The Morgan fingerprint density at radius 1 is 1.11 bits per heavy atom. The van der Waals surface area contributed by atoms with E-state index in [0.29, 0.717) is 13.2 Å². The van der Waals surface area contributed by atoms with Crippen molar-refractivity contribution in [3.63, 3.8) is 0 Å². The van der Waals surface area contributed by atoms with Crippen molar-refractivity contribution in [2.24, 2.45) is 0 Å². The fraction of sp³-hybridized carbons (Fsp3) is 0.318. The van der Waals surface area contributed by atoms with Gasteiger partial charge < -0.3 is 20.4 Å². The predicted molar refractivity (Wildman–Crippen MR) is 109 cm³/mol. The molecule has 142 valence electrons. The second-order valence-electron chi connectivity index (χ2n) is 7.68. The number of aromatic amines is 1. The number of fused-ring (bicyclic) bond motifs is 1. The van der Waals surface area contributed by atoms with E-state index in [4.69, 9.17) is 4.74 Å². The number of hydrogen-bond acceptors (Lipinski definition) is 2. The molecule has 1 heterocycles. The molecule has 3 rings (SSSR count). The highest BCUT2D eigenvalue weighted by molar-refractivity contribution is 5.84. The molecule has 0 atom stereocenters. The molecule has 5 heteroatoms. The van der Waals surface area contributed by atoms with E-state index < -0.39 is 0 Å². The number of H-pyrrole nitrogens is 1. The lowest BCUT2D eigenvalue weighted by Crippen LogP contribution is -2.46. The summed E-state index contributed by atoms with van der Waals surface area (Å²) in [5.41, 5.74) is 3.12. The van der Waals surface area contributed by atoms with Gasteiger partial charge in [-0.3, -0.25) is 0 Å². The van der Waals surface area contributed by atoms with Gasteiger partial charge in [-0.15, -0.1) is 0 Å². The van der Waals surface area contributed by atoms with Crippen LogP contribution in [0.15, 0.2) is 54.7 Å². The zero-order chi connectivity index (χ0) is 19.3. The maximum absolute atomic E-state index is 11.8. The number of ether oxygens (including phenoxy) is 1. The van der Waals surface area contributed by atoms with Crippen LogP contribution in [0.4, 0.5) is 4.79 Å². The number of carbonyl (C=O) groups is 1. The van der Waals surface area contributed by atoms with Crippen molar-refractivity contribution in [1.82, 2.24) is 15.6 Å². The molecule has 2 amide bonds. The molecular weight excluding hydrogens is 338 g/mol. The normalized spacial score (nSPS) is 11.4. The predicted octanol–water partition coefficient (Wildman–Crippen LogP) is 4.39. The number of aromatic nitrogens is 1. The molecule has 0 fully saturated rings. The van der Waals surface area contributed by atoms with Gasteiger partial charge in [-0.2, -0.15) is 0 Å². The molecule has 27 heavy (non-hydrogen) atoms. The Morgan fingerprint density at radius 2 is 1.89 bits per heavy atom. The summed E-state index contributed by atoms with van der Waals surface area (Å²) in [7, 11) is 0. The summed E-state index contributed by atoms with van der Waals surface area (Å²) in [5.74, 6) is 0.836. The number of benzene rings is 2. The number of amides is 2. The highest BCUT2D eigenvalue weighted by Crippen LogP contribution is 2.24. The van der Waals surface area contributed by atoms with Gasteiger partial charge in [0.2, 0.25) is 0 Å². The maximum atomic E-state index is 11.8. The van der Waals surface area contributed by atoms with Crippen LogP contribution in [-0.4, -0.2) is 23.1 Å². The van der Waals surface area contributed by atoms with Crippen LogP contribution in [0.2, 0.25) is 0 Å². The van der Waals surface area contributed by atoms with Gasteiger partial charge in [-0.05, 0) is 50.5 Å². The van der Waals surface area contributed by atoms with Gasteiger partial charge >= 0.3 is 6.03 Å². The topological polar surface area (TPSA) is 66.2 Å². The van der Waals surface area contributed by atoms with Gasteiger partial charge in [0, 0.05) is 35.2 Å². The smallest absolute Gasteiger partial charge is 0.315 e. The fourth-order valence-electron chi connectivity index (χ4n) is 2.90. The lowest BCUT2D eigenvalue weighted by Gasteiger charge is -2.20. The minimum Gasteiger partial charge on any atom is -0.489 e. The number of carbonyl (C=O) groups excluding carboxylic acids is 1. The van der Waals surface area contributed by atoms with Gasteiger partial charge in [-0.1, -0.05) is 30.3 Å². The Labute approximate surface area is 160 Å². The van der Waals surface area contributed by atoms with Crippen LogP contribution in [0.1, 0.15) is 31.9 Å². The van der Waals surface area contributed by atoms with Crippen molar-refractivity contribution >= 4 is 16.9 Å². The number of nitrogens with one attached hydrogen (secondary N) is 3. The van der Waals surface area contributed by atoms with E-state index in [-0.39, 0.29) is 11.6 Å². The van der Waals surface area contributed by atoms with E-state index in [1.165, 1.54) is 5.56 Å². The molecule has 0 aliphatic heterocycles. The van der Waals surface area contributed by atoms with Gasteiger partial charge in [0.05, 0.1) is 0 Å². The molecule has 3 N–H and O–H groups in total. The lowest BCUT2D eigenvalue weighted by molar-refractivity contribution is 0.232. The minimum absolute atomic E-state index is 0.140. The summed E-state index contributed by atoms with van der Waals surface area (Å²) in [6, 6.07) is 16.0. The Kier molecular flexibility index (Phi) is 5.69. The summed E-state index contributed by atoms with van der Waals surface area (Å²) in [6.45, 7) is 7.02. The third-order valence-corrected chi connectivity index (χ3v) is 4.16. The van der Waals surface area contributed by atoms with Crippen LogP contribution in [-0.2, 0) is 13.0 Å². The highest BCUT2D eigenvalue weighted by atomic mass is 16.5. The molecule has 1 aromatic heterocycles. The van der Waals surface area contributed by atoms with Crippen molar-refractivity contribution in [3.05, 3.63) is 65.9 Å². The first-order valence-corrected chi connectivity index (χ1v) is 9.23. The molecular formula is C22H27N3O2. The number of hydrogen-bond donors (Lipinski definition) is 3. The Balaban J connectivity index is 1.56. The highest BCUT2D eigenvalue weighted by Gasteiger charge is 2.13. The zero-order valence-corrected chi connectivity index (χ0v) is 16.1. The molecule has 0 bridgehead atoms. The summed E-state index contributed by atoms with van der Waals surface area (Å²) in [5, 5.41) is 6.95. The SMILES string of the molecule is CC(C)(C)NC(=O)NCCc1c[nH]c2cc(OCc3ccccc3)ccc12. The minimum atomic E-state index is -0.235. The third-order valence-electron chi connectivity index (χ3n) is 4.16. The molecule has 5 nitrogen and oxygen atoms in total. The third kappa shape index (κ3) is 5.51. The summed E-state index contributed by atoms with van der Waals surface area (Å²) in [4.78, 5) is 15.1. The number of urea groups is 1. The Morgan fingerprint density at radius 3 is 2.63 bits per heavy atom. The molecule has 0 saturated heterocycles. The second-order valence-corrected chi connectivity index (χ2v) is 7.68. The molecule has 0 radical (unpaired) electrons. The fourth-order valence-corrected chi connectivity index (χ4v) is 2.90. The summed E-state index contributed by atoms with van der Waals surface area (Å²) < 4.78 is 5.88. The molecule has 2 aromatic carbocycles. The van der Waals surface area contributed by atoms with Crippen molar-refractivity contribution in [1.29, 1.82) is 0 Å². The standard InChI is InChI=1S/C22H27N3O2/c1-22(2,3)25-21(26)23-12-11-17-14-24-20-13-18(9-10-19(17)20)27-15-16-7-5-4-6-8-16/h4-10,13-14,24H,11-12,15H2,1-3H3,(H2,23,25,26).